The Balaban J connectivity index is 1.99. The van der Waals surface area contributed by atoms with Crippen molar-refractivity contribution in [1.82, 2.24) is 4.98 Å². The van der Waals surface area contributed by atoms with Gasteiger partial charge in [-0.3, -0.25) is 0 Å². The zero-order valence-corrected chi connectivity index (χ0v) is 11.0. The first-order valence-corrected chi connectivity index (χ1v) is 6.00. The van der Waals surface area contributed by atoms with Crippen LogP contribution in [0.4, 0.5) is 5.82 Å². The van der Waals surface area contributed by atoms with Gasteiger partial charge < -0.3 is 4.84 Å². The molecule has 1 aromatic heterocycles. The summed E-state index contributed by atoms with van der Waals surface area (Å²) in [6.07, 6.45) is 1.72. The summed E-state index contributed by atoms with van der Waals surface area (Å²) in [4.78, 5) is 9.56. The summed E-state index contributed by atoms with van der Waals surface area (Å²) in [5, 5.41) is 0. The third-order valence-electron chi connectivity index (χ3n) is 2.66. The number of rotatable bonds is 3. The molecular weight excluding hydrogens is 224 g/mol. The van der Waals surface area contributed by atoms with Crippen molar-refractivity contribution >= 4 is 5.82 Å². The standard InChI is InChI=1S/C15H18N2O/c1-15(2,3)12-7-9-13(10-8-12)18-17-14-6-4-5-11-16-14/h4-11H,1-3H3,(H,16,17). The fourth-order valence-corrected chi connectivity index (χ4v) is 1.56. The first-order valence-electron chi connectivity index (χ1n) is 6.00. The third-order valence-corrected chi connectivity index (χ3v) is 2.66. The maximum absolute atomic E-state index is 5.45. The predicted molar refractivity (Wildman–Crippen MR) is 73.6 cm³/mol. The number of benzene rings is 1. The van der Waals surface area contributed by atoms with Crippen LogP contribution in [-0.4, -0.2) is 4.98 Å². The molecule has 0 saturated heterocycles. The molecule has 0 aliphatic heterocycles. The molecule has 2 aromatic rings. The summed E-state index contributed by atoms with van der Waals surface area (Å²) in [6.45, 7) is 6.57. The van der Waals surface area contributed by atoms with Crippen molar-refractivity contribution < 1.29 is 4.84 Å². The van der Waals surface area contributed by atoms with Gasteiger partial charge in [-0.1, -0.05) is 39.0 Å². The van der Waals surface area contributed by atoms with Crippen molar-refractivity contribution in [2.75, 3.05) is 5.48 Å². The van der Waals surface area contributed by atoms with Gasteiger partial charge in [0.1, 0.15) is 0 Å². The average molecular weight is 242 g/mol. The maximum atomic E-state index is 5.45. The van der Waals surface area contributed by atoms with Gasteiger partial charge in [0, 0.05) is 6.20 Å². The molecule has 0 saturated carbocycles. The fraction of sp³-hybridized carbons (Fsp3) is 0.267. The largest absolute Gasteiger partial charge is 0.381 e. The Kier molecular flexibility index (Phi) is 3.51. The van der Waals surface area contributed by atoms with Gasteiger partial charge in [-0.25, -0.2) is 10.5 Å². The fourth-order valence-electron chi connectivity index (χ4n) is 1.56. The first-order chi connectivity index (χ1) is 8.55. The second kappa shape index (κ2) is 5.08. The molecule has 0 fully saturated rings. The van der Waals surface area contributed by atoms with Crippen molar-refractivity contribution in [1.29, 1.82) is 0 Å². The molecule has 0 spiro atoms. The molecular formula is C15H18N2O. The second-order valence-electron chi connectivity index (χ2n) is 5.19. The average Bonchev–Trinajstić information content (AvgIpc) is 2.37. The van der Waals surface area contributed by atoms with Crippen LogP contribution in [0.2, 0.25) is 0 Å². The highest BCUT2D eigenvalue weighted by Gasteiger charge is 2.12. The van der Waals surface area contributed by atoms with Gasteiger partial charge in [0.2, 0.25) is 0 Å². The number of aromatic nitrogens is 1. The number of pyridine rings is 1. The smallest absolute Gasteiger partial charge is 0.160 e. The van der Waals surface area contributed by atoms with E-state index in [0.29, 0.717) is 5.82 Å². The molecule has 0 amide bonds. The normalized spacial score (nSPS) is 11.1. The number of hydrogen-bond acceptors (Lipinski definition) is 3. The summed E-state index contributed by atoms with van der Waals surface area (Å²) < 4.78 is 0. The van der Waals surface area contributed by atoms with Crippen LogP contribution in [0.3, 0.4) is 0 Å². The van der Waals surface area contributed by atoms with Crippen LogP contribution in [0.25, 0.3) is 0 Å². The summed E-state index contributed by atoms with van der Waals surface area (Å²) in [6, 6.07) is 13.7. The molecule has 18 heavy (non-hydrogen) atoms. The molecule has 3 nitrogen and oxygen atoms in total. The van der Waals surface area contributed by atoms with Gasteiger partial charge in [-0.2, -0.15) is 0 Å². The molecule has 94 valence electrons. The molecule has 0 bridgehead atoms. The Morgan fingerprint density at radius 1 is 1.00 bits per heavy atom. The van der Waals surface area contributed by atoms with E-state index in [1.165, 1.54) is 5.56 Å². The molecule has 0 atom stereocenters. The van der Waals surface area contributed by atoms with E-state index >= 15 is 0 Å². The van der Waals surface area contributed by atoms with E-state index in [2.05, 4.69) is 43.4 Å². The topological polar surface area (TPSA) is 34.1 Å². The quantitative estimate of drug-likeness (QED) is 0.831. The van der Waals surface area contributed by atoms with Crippen LogP contribution in [0.5, 0.6) is 5.75 Å². The third kappa shape index (κ3) is 3.23. The van der Waals surface area contributed by atoms with E-state index in [1.54, 1.807) is 6.20 Å². The highest BCUT2D eigenvalue weighted by atomic mass is 16.6. The first kappa shape index (κ1) is 12.4. The highest BCUT2D eigenvalue weighted by molar-refractivity contribution is 5.35. The van der Waals surface area contributed by atoms with Crippen LogP contribution in [0.1, 0.15) is 26.3 Å². The van der Waals surface area contributed by atoms with Gasteiger partial charge in [-0.15, -0.1) is 0 Å². The molecule has 2 rings (SSSR count). The molecule has 0 unspecified atom stereocenters. The lowest BCUT2D eigenvalue weighted by atomic mass is 9.87. The molecule has 3 heteroatoms. The van der Waals surface area contributed by atoms with E-state index in [-0.39, 0.29) is 5.41 Å². The number of nitrogens with zero attached hydrogens (tertiary/aromatic N) is 1. The van der Waals surface area contributed by atoms with Gasteiger partial charge in [0.15, 0.2) is 11.6 Å². The lowest BCUT2D eigenvalue weighted by Gasteiger charge is -2.19. The molecule has 1 N–H and O–H groups in total. The minimum absolute atomic E-state index is 0.160. The number of nitrogens with one attached hydrogen (secondary N) is 1. The SMILES string of the molecule is CC(C)(C)c1ccc(ONc2ccccn2)cc1. The lowest BCUT2D eigenvalue weighted by Crippen LogP contribution is -2.11. The summed E-state index contributed by atoms with van der Waals surface area (Å²) in [5.74, 6) is 1.46. The van der Waals surface area contributed by atoms with Crippen LogP contribution < -0.4 is 10.3 Å². The number of anilines is 1. The van der Waals surface area contributed by atoms with Gasteiger partial charge in [0.25, 0.3) is 0 Å². The zero-order chi connectivity index (χ0) is 13.0. The summed E-state index contributed by atoms with van der Waals surface area (Å²) in [7, 11) is 0. The Morgan fingerprint density at radius 2 is 1.72 bits per heavy atom. The molecule has 0 aliphatic rings. The van der Waals surface area contributed by atoms with Crippen LogP contribution in [-0.2, 0) is 5.41 Å². The van der Waals surface area contributed by atoms with Crippen LogP contribution >= 0.6 is 0 Å². The molecule has 1 aromatic carbocycles. The van der Waals surface area contributed by atoms with Crippen molar-refractivity contribution in [3.05, 3.63) is 54.2 Å². The summed E-state index contributed by atoms with van der Waals surface area (Å²) >= 11 is 0. The van der Waals surface area contributed by atoms with Crippen molar-refractivity contribution in [2.24, 2.45) is 0 Å². The van der Waals surface area contributed by atoms with Crippen molar-refractivity contribution in [3.8, 4) is 5.75 Å². The molecule has 1 heterocycles. The van der Waals surface area contributed by atoms with Gasteiger partial charge in [-0.05, 0) is 35.2 Å². The van der Waals surface area contributed by atoms with E-state index < -0.39 is 0 Å². The lowest BCUT2D eigenvalue weighted by molar-refractivity contribution is 0.402. The minimum Gasteiger partial charge on any atom is -0.381 e. The minimum atomic E-state index is 0.160. The van der Waals surface area contributed by atoms with E-state index in [9.17, 15) is 0 Å². The predicted octanol–water partition coefficient (Wildman–Crippen LogP) is 3.79. The Labute approximate surface area is 108 Å². The second-order valence-corrected chi connectivity index (χ2v) is 5.19. The Bertz CT molecular complexity index is 486. The van der Waals surface area contributed by atoms with Crippen LogP contribution in [0.15, 0.2) is 48.7 Å². The van der Waals surface area contributed by atoms with E-state index in [4.69, 9.17) is 4.84 Å². The monoisotopic (exact) mass is 242 g/mol. The van der Waals surface area contributed by atoms with E-state index in [0.717, 1.165) is 5.75 Å². The number of hydrogen-bond donors (Lipinski definition) is 1. The van der Waals surface area contributed by atoms with Gasteiger partial charge >= 0.3 is 0 Å². The summed E-state index contributed by atoms with van der Waals surface area (Å²) in [5.41, 5.74) is 4.25. The van der Waals surface area contributed by atoms with Crippen LogP contribution in [0, 0.1) is 0 Å². The zero-order valence-electron chi connectivity index (χ0n) is 11.0. The van der Waals surface area contributed by atoms with Crippen molar-refractivity contribution in [3.63, 3.8) is 0 Å². The Hall–Kier alpha value is -2.03. The van der Waals surface area contributed by atoms with Gasteiger partial charge in [0.05, 0.1) is 0 Å². The van der Waals surface area contributed by atoms with Crippen molar-refractivity contribution in [2.45, 2.75) is 26.2 Å². The molecule has 0 radical (unpaired) electrons. The highest BCUT2D eigenvalue weighted by Crippen LogP contribution is 2.24. The van der Waals surface area contributed by atoms with E-state index in [1.807, 2.05) is 30.3 Å². The Morgan fingerprint density at radius 3 is 2.28 bits per heavy atom. The maximum Gasteiger partial charge on any atom is 0.160 e. The molecule has 0 aliphatic carbocycles.